The highest BCUT2D eigenvalue weighted by atomic mass is 32.2. The van der Waals surface area contributed by atoms with Gasteiger partial charge in [-0.15, -0.1) is 11.3 Å². The molecule has 1 saturated carbocycles. The maximum Gasteiger partial charge on any atom is 0.252 e. The zero-order valence-corrected chi connectivity index (χ0v) is 21.3. The number of thiophene rings is 1. The summed E-state index contributed by atoms with van der Waals surface area (Å²) in [4.78, 5) is 21.9. The molecule has 3 aliphatic rings. The van der Waals surface area contributed by atoms with Crippen molar-refractivity contribution in [2.75, 3.05) is 39.3 Å². The molecule has 9 nitrogen and oxygen atoms in total. The van der Waals surface area contributed by atoms with Crippen LogP contribution in [0.3, 0.4) is 0 Å². The van der Waals surface area contributed by atoms with Crippen molar-refractivity contribution >= 4 is 27.3 Å². The Morgan fingerprint density at radius 2 is 1.74 bits per heavy atom. The van der Waals surface area contributed by atoms with Gasteiger partial charge in [-0.1, -0.05) is 24.4 Å². The van der Waals surface area contributed by atoms with Gasteiger partial charge in [-0.3, -0.25) is 9.69 Å². The van der Waals surface area contributed by atoms with Gasteiger partial charge in [0.15, 0.2) is 0 Å². The van der Waals surface area contributed by atoms with Crippen LogP contribution in [0.4, 0.5) is 0 Å². The monoisotopic (exact) mass is 507 g/mol. The first kappa shape index (κ1) is 23.9. The van der Waals surface area contributed by atoms with E-state index in [4.69, 9.17) is 4.52 Å². The second kappa shape index (κ2) is 10.0. The minimum atomic E-state index is -3.60. The predicted octanol–water partition coefficient (Wildman–Crippen LogP) is 2.98. The fourth-order valence-electron chi connectivity index (χ4n) is 5.47. The Labute approximate surface area is 205 Å². The summed E-state index contributed by atoms with van der Waals surface area (Å²) in [7, 11) is -3.60. The molecule has 0 unspecified atom stereocenters. The molecule has 0 aromatic carbocycles. The maximum absolute atomic E-state index is 13.2. The van der Waals surface area contributed by atoms with E-state index in [1.807, 2.05) is 4.90 Å². The topological polar surface area (TPSA) is 99.8 Å². The first-order valence-corrected chi connectivity index (χ1v) is 14.7. The quantitative estimate of drug-likeness (QED) is 0.613. The first-order valence-electron chi connectivity index (χ1n) is 12.3. The van der Waals surface area contributed by atoms with Gasteiger partial charge in [-0.2, -0.15) is 9.29 Å². The van der Waals surface area contributed by atoms with E-state index in [-0.39, 0.29) is 16.0 Å². The van der Waals surface area contributed by atoms with E-state index in [0.717, 1.165) is 37.5 Å². The molecular weight excluding hydrogens is 474 g/mol. The summed E-state index contributed by atoms with van der Waals surface area (Å²) in [6.07, 6.45) is 7.74. The van der Waals surface area contributed by atoms with Gasteiger partial charge in [0.2, 0.25) is 17.6 Å². The lowest BCUT2D eigenvalue weighted by atomic mass is 9.93. The Kier molecular flexibility index (Phi) is 7.06. The Balaban J connectivity index is 1.14. The standard InChI is InChI=1S/C23H33N5O4S2/c1-17-24-22(25-32-17)19-15-21(33-16-19)34(30,31)28-9-7-18(8-10-28)23(29)27-13-11-26(12-14-27)20-5-3-2-4-6-20/h15-16,18,20H,2-14H2,1H3. The number of aryl methyl sites for hydroxylation is 1. The smallest absolute Gasteiger partial charge is 0.252 e. The van der Waals surface area contributed by atoms with Crippen molar-refractivity contribution in [3.8, 4) is 11.4 Å². The Morgan fingerprint density at radius 1 is 1.03 bits per heavy atom. The van der Waals surface area contributed by atoms with Crippen LogP contribution in [0.15, 0.2) is 20.2 Å². The van der Waals surface area contributed by atoms with Gasteiger partial charge in [0.1, 0.15) is 4.21 Å². The lowest BCUT2D eigenvalue weighted by Gasteiger charge is -2.42. The molecule has 0 N–H and O–H groups in total. The van der Waals surface area contributed by atoms with Crippen molar-refractivity contribution in [1.82, 2.24) is 24.2 Å². The number of amides is 1. The highest BCUT2D eigenvalue weighted by Crippen LogP contribution is 2.32. The molecule has 0 atom stereocenters. The molecule has 11 heteroatoms. The Hall–Kier alpha value is -1.82. The van der Waals surface area contributed by atoms with Crippen LogP contribution < -0.4 is 0 Å². The van der Waals surface area contributed by atoms with E-state index in [0.29, 0.717) is 49.3 Å². The molecule has 4 heterocycles. The molecule has 3 fully saturated rings. The van der Waals surface area contributed by atoms with Crippen LogP contribution in [0.2, 0.25) is 0 Å². The normalized spacial score (nSPS) is 22.3. The molecule has 2 aromatic heterocycles. The fourth-order valence-corrected chi connectivity index (χ4v) is 8.25. The van der Waals surface area contributed by atoms with E-state index in [1.165, 1.54) is 36.4 Å². The second-order valence-electron chi connectivity index (χ2n) is 9.62. The largest absolute Gasteiger partial charge is 0.340 e. The van der Waals surface area contributed by atoms with Gasteiger partial charge in [-0.25, -0.2) is 8.42 Å². The number of hydrogen-bond acceptors (Lipinski definition) is 8. The molecule has 0 spiro atoms. The average molecular weight is 508 g/mol. The Morgan fingerprint density at radius 3 is 2.38 bits per heavy atom. The summed E-state index contributed by atoms with van der Waals surface area (Å²) in [5.74, 6) is 0.941. The number of nitrogens with zero attached hydrogens (tertiary/aromatic N) is 5. The lowest BCUT2D eigenvalue weighted by Crippen LogP contribution is -2.54. The summed E-state index contributed by atoms with van der Waals surface area (Å²) in [6.45, 7) is 5.95. The van der Waals surface area contributed by atoms with Crippen molar-refractivity contribution < 1.29 is 17.7 Å². The minimum Gasteiger partial charge on any atom is -0.340 e. The third-order valence-electron chi connectivity index (χ3n) is 7.48. The van der Waals surface area contributed by atoms with Gasteiger partial charge < -0.3 is 9.42 Å². The molecule has 5 rings (SSSR count). The van der Waals surface area contributed by atoms with Crippen molar-refractivity contribution in [2.24, 2.45) is 5.92 Å². The van der Waals surface area contributed by atoms with Gasteiger partial charge in [0.25, 0.3) is 10.0 Å². The number of hydrogen-bond donors (Lipinski definition) is 0. The van der Waals surface area contributed by atoms with E-state index >= 15 is 0 Å². The van der Waals surface area contributed by atoms with E-state index in [2.05, 4.69) is 15.0 Å². The average Bonchev–Trinajstić information content (AvgIpc) is 3.54. The zero-order valence-electron chi connectivity index (χ0n) is 19.7. The van der Waals surface area contributed by atoms with Gasteiger partial charge >= 0.3 is 0 Å². The summed E-state index contributed by atoms with van der Waals surface area (Å²) in [5, 5.41) is 5.60. The predicted molar refractivity (Wildman–Crippen MR) is 129 cm³/mol. The van der Waals surface area contributed by atoms with Gasteiger partial charge in [0.05, 0.1) is 0 Å². The van der Waals surface area contributed by atoms with Crippen LogP contribution >= 0.6 is 11.3 Å². The fraction of sp³-hybridized carbons (Fsp3) is 0.696. The second-order valence-corrected chi connectivity index (χ2v) is 12.7. The lowest BCUT2D eigenvalue weighted by molar-refractivity contribution is -0.139. The summed E-state index contributed by atoms with van der Waals surface area (Å²) >= 11 is 1.16. The van der Waals surface area contributed by atoms with Crippen LogP contribution in [0, 0.1) is 12.8 Å². The third kappa shape index (κ3) is 4.93. The first-order chi connectivity index (χ1) is 16.4. The Bertz CT molecular complexity index is 1090. The summed E-state index contributed by atoms with van der Waals surface area (Å²) in [6, 6.07) is 2.30. The van der Waals surface area contributed by atoms with E-state index in [1.54, 1.807) is 18.4 Å². The van der Waals surface area contributed by atoms with Crippen LogP contribution in [0.25, 0.3) is 11.4 Å². The molecule has 34 heavy (non-hydrogen) atoms. The van der Waals surface area contributed by atoms with Crippen molar-refractivity contribution in [2.45, 2.75) is 62.1 Å². The number of piperazine rings is 1. The van der Waals surface area contributed by atoms with Crippen molar-refractivity contribution in [3.63, 3.8) is 0 Å². The van der Waals surface area contributed by atoms with Crippen LogP contribution in [0.1, 0.15) is 50.8 Å². The molecule has 2 aliphatic heterocycles. The number of carbonyl (C=O) groups is 1. The molecular formula is C23H33N5O4S2. The number of rotatable bonds is 5. The molecule has 0 bridgehead atoms. The molecule has 1 amide bonds. The zero-order chi connectivity index (χ0) is 23.7. The number of sulfonamides is 1. The summed E-state index contributed by atoms with van der Waals surface area (Å²) in [5.41, 5.74) is 0.637. The highest BCUT2D eigenvalue weighted by molar-refractivity contribution is 7.91. The summed E-state index contributed by atoms with van der Waals surface area (Å²) < 4.78 is 33.1. The SMILES string of the molecule is Cc1nc(-c2csc(S(=O)(=O)N3CCC(C(=O)N4CCN(C5CCCCC5)CC4)CC3)c2)no1. The van der Waals surface area contributed by atoms with Crippen LogP contribution in [0.5, 0.6) is 0 Å². The maximum atomic E-state index is 13.2. The highest BCUT2D eigenvalue weighted by Gasteiger charge is 2.36. The number of piperidine rings is 1. The number of aromatic nitrogens is 2. The molecule has 0 radical (unpaired) electrons. The molecule has 2 aromatic rings. The van der Waals surface area contributed by atoms with Crippen LogP contribution in [-0.2, 0) is 14.8 Å². The van der Waals surface area contributed by atoms with E-state index < -0.39 is 10.0 Å². The number of carbonyl (C=O) groups excluding carboxylic acids is 1. The third-order valence-corrected chi connectivity index (χ3v) is 10.8. The molecule has 2 saturated heterocycles. The van der Waals surface area contributed by atoms with Crippen molar-refractivity contribution in [1.29, 1.82) is 0 Å². The van der Waals surface area contributed by atoms with Gasteiger partial charge in [0, 0.05) is 69.1 Å². The van der Waals surface area contributed by atoms with Gasteiger partial charge in [-0.05, 0) is 31.7 Å². The molecule has 186 valence electrons. The van der Waals surface area contributed by atoms with Crippen molar-refractivity contribution in [3.05, 3.63) is 17.3 Å². The molecule has 1 aliphatic carbocycles. The van der Waals surface area contributed by atoms with E-state index in [9.17, 15) is 13.2 Å². The minimum absolute atomic E-state index is 0.0890. The van der Waals surface area contributed by atoms with Crippen LogP contribution in [-0.4, -0.2) is 83.9 Å².